The van der Waals surface area contributed by atoms with Crippen molar-refractivity contribution in [1.29, 1.82) is 0 Å². The number of carbonyl (C=O) groups is 2. The van der Waals surface area contributed by atoms with Crippen LogP contribution in [-0.4, -0.2) is 41.3 Å². The minimum absolute atomic E-state index is 0.0561. The van der Waals surface area contributed by atoms with E-state index in [-0.39, 0.29) is 17.9 Å². The molecule has 0 aliphatic heterocycles. The summed E-state index contributed by atoms with van der Waals surface area (Å²) in [5.41, 5.74) is 2.15. The van der Waals surface area contributed by atoms with E-state index in [1.54, 1.807) is 29.3 Å². The van der Waals surface area contributed by atoms with Crippen LogP contribution in [0.25, 0.3) is 0 Å². The predicted molar refractivity (Wildman–Crippen MR) is 121 cm³/mol. The zero-order valence-electron chi connectivity index (χ0n) is 16.8. The molecule has 1 unspecified atom stereocenters. The third-order valence-electron chi connectivity index (χ3n) is 4.95. The number of nitrogens with zero attached hydrogens (tertiary/aromatic N) is 2. The first-order chi connectivity index (χ1) is 14.6. The topological polar surface area (TPSA) is 62.3 Å². The summed E-state index contributed by atoms with van der Waals surface area (Å²) < 4.78 is 0.767. The molecule has 2 amide bonds. The highest BCUT2D eigenvalue weighted by atomic mass is 79.9. The van der Waals surface area contributed by atoms with Crippen LogP contribution in [0.3, 0.4) is 0 Å². The predicted octanol–water partition coefficient (Wildman–Crippen LogP) is 4.35. The van der Waals surface area contributed by atoms with E-state index in [1.165, 1.54) is 0 Å². The van der Waals surface area contributed by atoms with Crippen LogP contribution in [0.15, 0.2) is 83.5 Å². The maximum absolute atomic E-state index is 13.1. The monoisotopic (exact) mass is 465 g/mol. The molecule has 0 saturated carbocycles. The normalized spacial score (nSPS) is 11.5. The smallest absolute Gasteiger partial charge is 0.269 e. The van der Waals surface area contributed by atoms with E-state index in [0.29, 0.717) is 30.6 Å². The maximum Gasteiger partial charge on any atom is 0.269 e. The van der Waals surface area contributed by atoms with Gasteiger partial charge in [-0.05, 0) is 58.6 Å². The van der Waals surface area contributed by atoms with Gasteiger partial charge in [0, 0.05) is 30.3 Å². The Kier molecular flexibility index (Phi) is 7.74. The lowest BCUT2D eigenvalue weighted by atomic mass is 10.0. The summed E-state index contributed by atoms with van der Waals surface area (Å²) in [4.78, 5) is 31.2. The Hall–Kier alpha value is -2.99. The summed E-state index contributed by atoms with van der Waals surface area (Å²) in [5.74, 6) is -0.270. The first kappa shape index (κ1) is 21.7. The molecule has 0 bridgehead atoms. The number of hydrogen-bond acceptors (Lipinski definition) is 3. The lowest BCUT2D eigenvalue weighted by Gasteiger charge is -2.29. The van der Waals surface area contributed by atoms with Crippen molar-refractivity contribution in [3.05, 3.63) is 100 Å². The van der Waals surface area contributed by atoms with E-state index in [0.717, 1.165) is 10.0 Å². The van der Waals surface area contributed by atoms with E-state index < -0.39 is 0 Å². The van der Waals surface area contributed by atoms with Crippen LogP contribution in [0.1, 0.15) is 32.8 Å². The van der Waals surface area contributed by atoms with Crippen LogP contribution in [0.4, 0.5) is 0 Å². The first-order valence-electron chi connectivity index (χ1n) is 9.81. The standard InChI is InChI=1S/C24H24BrN3O2/c1-28(24(30)20-11-5-6-12-21(20)25)19(17-18-9-3-2-4-10-18)14-16-27-23(29)22-13-7-8-15-26-22/h2-13,15,19H,14,16-17H2,1H3,(H,27,29). The summed E-state index contributed by atoms with van der Waals surface area (Å²) in [6.07, 6.45) is 2.92. The van der Waals surface area contributed by atoms with Crippen LogP contribution in [0.2, 0.25) is 0 Å². The molecular weight excluding hydrogens is 442 g/mol. The molecule has 3 aromatic rings. The van der Waals surface area contributed by atoms with Gasteiger partial charge in [0.2, 0.25) is 0 Å². The molecule has 6 heteroatoms. The number of carbonyl (C=O) groups excluding carboxylic acids is 2. The quantitative estimate of drug-likeness (QED) is 0.537. The van der Waals surface area contributed by atoms with E-state index in [1.807, 2.05) is 49.5 Å². The summed E-state index contributed by atoms with van der Waals surface area (Å²) >= 11 is 3.47. The van der Waals surface area contributed by atoms with Gasteiger partial charge in [-0.3, -0.25) is 14.6 Å². The molecule has 154 valence electrons. The molecule has 0 radical (unpaired) electrons. The zero-order valence-corrected chi connectivity index (χ0v) is 18.4. The molecule has 0 fully saturated rings. The molecule has 0 aliphatic rings. The van der Waals surface area contributed by atoms with E-state index in [9.17, 15) is 9.59 Å². The second kappa shape index (κ2) is 10.7. The Bertz CT molecular complexity index is 980. The van der Waals surface area contributed by atoms with Crippen molar-refractivity contribution in [2.75, 3.05) is 13.6 Å². The molecule has 2 aromatic carbocycles. The van der Waals surface area contributed by atoms with Gasteiger partial charge in [-0.1, -0.05) is 48.5 Å². The molecule has 30 heavy (non-hydrogen) atoms. The number of amides is 2. The van der Waals surface area contributed by atoms with E-state index in [4.69, 9.17) is 0 Å². The van der Waals surface area contributed by atoms with Gasteiger partial charge in [-0.25, -0.2) is 0 Å². The van der Waals surface area contributed by atoms with Crippen molar-refractivity contribution in [3.63, 3.8) is 0 Å². The number of benzene rings is 2. The number of hydrogen-bond donors (Lipinski definition) is 1. The Morgan fingerprint density at radius 2 is 1.70 bits per heavy atom. The zero-order chi connectivity index (χ0) is 21.3. The number of nitrogens with one attached hydrogen (secondary N) is 1. The van der Waals surface area contributed by atoms with Crippen LogP contribution >= 0.6 is 15.9 Å². The minimum atomic E-state index is -0.214. The van der Waals surface area contributed by atoms with Gasteiger partial charge in [-0.15, -0.1) is 0 Å². The Morgan fingerprint density at radius 3 is 2.40 bits per heavy atom. The average molecular weight is 466 g/mol. The lowest BCUT2D eigenvalue weighted by molar-refractivity contribution is 0.0722. The molecule has 0 spiro atoms. The van der Waals surface area contributed by atoms with Crippen molar-refractivity contribution >= 4 is 27.7 Å². The third-order valence-corrected chi connectivity index (χ3v) is 5.64. The van der Waals surface area contributed by atoms with Crippen molar-refractivity contribution in [1.82, 2.24) is 15.2 Å². The highest BCUT2D eigenvalue weighted by Gasteiger charge is 2.23. The molecule has 1 aromatic heterocycles. The molecule has 1 atom stereocenters. The molecular formula is C24H24BrN3O2. The molecule has 0 aliphatic carbocycles. The number of pyridine rings is 1. The van der Waals surface area contributed by atoms with Crippen molar-refractivity contribution in [3.8, 4) is 0 Å². The molecule has 1 N–H and O–H groups in total. The summed E-state index contributed by atoms with van der Waals surface area (Å²) in [6.45, 7) is 0.445. The van der Waals surface area contributed by atoms with Gasteiger partial charge in [0.25, 0.3) is 11.8 Å². The fourth-order valence-corrected chi connectivity index (χ4v) is 3.70. The number of halogens is 1. The third kappa shape index (κ3) is 5.76. The Labute approximate surface area is 185 Å². The van der Waals surface area contributed by atoms with Gasteiger partial charge in [0.05, 0.1) is 5.56 Å². The van der Waals surface area contributed by atoms with Crippen LogP contribution in [0, 0.1) is 0 Å². The Balaban J connectivity index is 1.70. The molecule has 1 heterocycles. The molecule has 5 nitrogen and oxygen atoms in total. The largest absolute Gasteiger partial charge is 0.351 e. The fourth-order valence-electron chi connectivity index (χ4n) is 3.25. The van der Waals surface area contributed by atoms with Gasteiger partial charge >= 0.3 is 0 Å². The highest BCUT2D eigenvalue weighted by molar-refractivity contribution is 9.10. The van der Waals surface area contributed by atoms with E-state index >= 15 is 0 Å². The summed E-state index contributed by atoms with van der Waals surface area (Å²) in [6, 6.07) is 22.6. The summed E-state index contributed by atoms with van der Waals surface area (Å²) in [5, 5.41) is 2.91. The fraction of sp³-hybridized carbons (Fsp3) is 0.208. The SMILES string of the molecule is CN(C(=O)c1ccccc1Br)C(CCNC(=O)c1ccccn1)Cc1ccccc1. The van der Waals surface area contributed by atoms with E-state index in [2.05, 4.69) is 38.4 Å². The van der Waals surface area contributed by atoms with Crippen LogP contribution < -0.4 is 5.32 Å². The second-order valence-electron chi connectivity index (χ2n) is 7.00. The minimum Gasteiger partial charge on any atom is -0.351 e. The first-order valence-corrected chi connectivity index (χ1v) is 10.6. The Morgan fingerprint density at radius 1 is 1.00 bits per heavy atom. The number of rotatable bonds is 8. The lowest BCUT2D eigenvalue weighted by Crippen LogP contribution is -2.41. The highest BCUT2D eigenvalue weighted by Crippen LogP contribution is 2.20. The maximum atomic E-state index is 13.1. The van der Waals surface area contributed by atoms with Gasteiger partial charge in [0.15, 0.2) is 0 Å². The van der Waals surface area contributed by atoms with Crippen molar-refractivity contribution < 1.29 is 9.59 Å². The van der Waals surface area contributed by atoms with Gasteiger partial charge in [-0.2, -0.15) is 0 Å². The average Bonchev–Trinajstić information content (AvgIpc) is 2.79. The van der Waals surface area contributed by atoms with Crippen molar-refractivity contribution in [2.45, 2.75) is 18.9 Å². The number of likely N-dealkylation sites (N-methyl/N-ethyl adjacent to an activating group) is 1. The molecule has 3 rings (SSSR count). The number of aromatic nitrogens is 1. The van der Waals surface area contributed by atoms with Crippen molar-refractivity contribution in [2.24, 2.45) is 0 Å². The summed E-state index contributed by atoms with van der Waals surface area (Å²) in [7, 11) is 1.82. The van der Waals surface area contributed by atoms with Crippen LogP contribution in [0.5, 0.6) is 0 Å². The van der Waals surface area contributed by atoms with Crippen LogP contribution in [-0.2, 0) is 6.42 Å². The molecule has 0 saturated heterocycles. The van der Waals surface area contributed by atoms with Gasteiger partial charge in [0.1, 0.15) is 5.69 Å². The second-order valence-corrected chi connectivity index (χ2v) is 7.85. The van der Waals surface area contributed by atoms with Gasteiger partial charge < -0.3 is 10.2 Å².